The Morgan fingerprint density at radius 2 is 1.89 bits per heavy atom. The van der Waals surface area contributed by atoms with Crippen LogP contribution in [0.15, 0.2) is 35.5 Å². The Hall–Kier alpha value is -2.94. The molecule has 3 rings (SSSR count). The molecule has 0 fully saturated rings. The van der Waals surface area contributed by atoms with Gasteiger partial charge in [0.15, 0.2) is 5.16 Å². The maximum Gasteiger partial charge on any atom is 0.338 e. The fraction of sp³-hybridized carbons (Fsp3) is 0.316. The number of nitrogens with zero attached hydrogens (tertiary/aromatic N) is 4. The second kappa shape index (κ2) is 8.39. The highest BCUT2D eigenvalue weighted by Gasteiger charge is 2.13. The molecule has 146 valence electrons. The molecule has 1 amide bonds. The molecule has 0 aliphatic rings. The number of carbonyl (C=O) groups excluding carboxylic acids is 2. The summed E-state index contributed by atoms with van der Waals surface area (Å²) < 4.78 is 6.96. The molecular weight excluding hydrogens is 378 g/mol. The molecule has 0 aliphatic heterocycles. The number of fused-ring (bicyclic) bond motifs is 1. The number of ether oxygens (including phenoxy) is 1. The van der Waals surface area contributed by atoms with Crippen molar-refractivity contribution < 1.29 is 14.3 Å². The van der Waals surface area contributed by atoms with Gasteiger partial charge < -0.3 is 10.1 Å². The number of aryl methyl sites for hydroxylation is 2. The Morgan fingerprint density at radius 3 is 2.57 bits per heavy atom. The monoisotopic (exact) mass is 399 g/mol. The van der Waals surface area contributed by atoms with Crippen LogP contribution in [0.4, 0.5) is 5.69 Å². The van der Waals surface area contributed by atoms with E-state index in [4.69, 9.17) is 4.74 Å². The van der Waals surface area contributed by atoms with Crippen LogP contribution < -0.4 is 5.32 Å². The standard InChI is InChI=1S/C19H21N5O3S/c1-11(2)27-17(26)14-5-7-15(8-6-14)21-16(25)10-28-19-23-22-18-20-12(3)9-13(4)24(18)19/h5-9,11H,10H2,1-4H3,(H,21,25). The van der Waals surface area contributed by atoms with Crippen LogP contribution >= 0.6 is 11.8 Å². The Balaban J connectivity index is 1.60. The second-order valence-electron chi connectivity index (χ2n) is 6.53. The number of nitrogens with one attached hydrogen (secondary N) is 1. The van der Waals surface area contributed by atoms with Crippen LogP contribution in [-0.4, -0.2) is 43.3 Å². The van der Waals surface area contributed by atoms with E-state index in [-0.39, 0.29) is 23.7 Å². The quantitative estimate of drug-likeness (QED) is 0.502. The van der Waals surface area contributed by atoms with Crippen molar-refractivity contribution in [3.05, 3.63) is 47.3 Å². The molecule has 1 N–H and O–H groups in total. The van der Waals surface area contributed by atoms with Gasteiger partial charge >= 0.3 is 5.97 Å². The minimum absolute atomic E-state index is 0.172. The number of hydrogen-bond acceptors (Lipinski definition) is 7. The van der Waals surface area contributed by atoms with Crippen LogP contribution in [0.5, 0.6) is 0 Å². The normalized spacial score (nSPS) is 11.0. The van der Waals surface area contributed by atoms with E-state index in [1.54, 1.807) is 38.1 Å². The molecular formula is C19H21N5O3S. The summed E-state index contributed by atoms with van der Waals surface area (Å²) in [7, 11) is 0. The summed E-state index contributed by atoms with van der Waals surface area (Å²) in [5.74, 6) is 0.119. The molecule has 8 nitrogen and oxygen atoms in total. The first-order valence-electron chi connectivity index (χ1n) is 8.76. The number of hydrogen-bond donors (Lipinski definition) is 1. The van der Waals surface area contributed by atoms with Crippen molar-refractivity contribution in [3.8, 4) is 0 Å². The predicted molar refractivity (Wildman–Crippen MR) is 107 cm³/mol. The number of carbonyl (C=O) groups is 2. The van der Waals surface area contributed by atoms with E-state index in [2.05, 4.69) is 20.5 Å². The highest BCUT2D eigenvalue weighted by atomic mass is 32.2. The van der Waals surface area contributed by atoms with Gasteiger partial charge in [0, 0.05) is 17.1 Å². The molecule has 0 radical (unpaired) electrons. The Labute approximate surface area is 166 Å². The summed E-state index contributed by atoms with van der Waals surface area (Å²) >= 11 is 1.28. The number of rotatable bonds is 6. The average Bonchev–Trinajstić information content (AvgIpc) is 3.03. The maximum absolute atomic E-state index is 12.3. The Bertz CT molecular complexity index is 1010. The van der Waals surface area contributed by atoms with Gasteiger partial charge in [-0.25, -0.2) is 9.78 Å². The molecule has 0 bridgehead atoms. The van der Waals surface area contributed by atoms with Crippen LogP contribution in [0.2, 0.25) is 0 Å². The van der Waals surface area contributed by atoms with E-state index in [9.17, 15) is 9.59 Å². The molecule has 0 aliphatic carbocycles. The van der Waals surface area contributed by atoms with Crippen LogP contribution in [0.3, 0.4) is 0 Å². The second-order valence-corrected chi connectivity index (χ2v) is 7.47. The molecule has 0 saturated heterocycles. The number of anilines is 1. The van der Waals surface area contributed by atoms with E-state index in [0.29, 0.717) is 22.2 Å². The lowest BCUT2D eigenvalue weighted by Crippen LogP contribution is -2.15. The predicted octanol–water partition coefficient (Wildman–Crippen LogP) is 3.04. The molecule has 1 aromatic carbocycles. The summed E-state index contributed by atoms with van der Waals surface area (Å²) in [5, 5.41) is 11.6. The van der Waals surface area contributed by atoms with Gasteiger partial charge in [-0.15, -0.1) is 10.2 Å². The van der Waals surface area contributed by atoms with E-state index < -0.39 is 0 Å². The third kappa shape index (κ3) is 4.66. The first-order chi connectivity index (χ1) is 13.3. The van der Waals surface area contributed by atoms with Gasteiger partial charge in [0.25, 0.3) is 5.78 Å². The zero-order chi connectivity index (χ0) is 20.3. The van der Waals surface area contributed by atoms with E-state index in [1.165, 1.54) is 11.8 Å². The van der Waals surface area contributed by atoms with Gasteiger partial charge in [-0.1, -0.05) is 11.8 Å². The molecule has 0 saturated carbocycles. The number of amides is 1. The summed E-state index contributed by atoms with van der Waals surface area (Å²) in [6.45, 7) is 7.43. The van der Waals surface area contributed by atoms with Gasteiger partial charge in [-0.2, -0.15) is 0 Å². The topological polar surface area (TPSA) is 98.5 Å². The molecule has 2 heterocycles. The number of thioether (sulfide) groups is 1. The lowest BCUT2D eigenvalue weighted by Gasteiger charge is -2.09. The van der Waals surface area contributed by atoms with E-state index >= 15 is 0 Å². The van der Waals surface area contributed by atoms with Crippen molar-refractivity contribution >= 4 is 35.1 Å². The Kier molecular flexibility index (Phi) is 5.93. The van der Waals surface area contributed by atoms with Crippen molar-refractivity contribution in [2.45, 2.75) is 39.0 Å². The number of esters is 1. The van der Waals surface area contributed by atoms with Gasteiger partial charge in [-0.05, 0) is 58.0 Å². The van der Waals surface area contributed by atoms with Gasteiger partial charge in [0.2, 0.25) is 5.91 Å². The highest BCUT2D eigenvalue weighted by Crippen LogP contribution is 2.19. The zero-order valence-corrected chi connectivity index (χ0v) is 16.9. The lowest BCUT2D eigenvalue weighted by molar-refractivity contribution is -0.113. The van der Waals surface area contributed by atoms with Crippen molar-refractivity contribution in [1.82, 2.24) is 19.6 Å². The Morgan fingerprint density at radius 1 is 1.18 bits per heavy atom. The van der Waals surface area contributed by atoms with Gasteiger partial charge in [0.05, 0.1) is 17.4 Å². The largest absolute Gasteiger partial charge is 0.459 e. The van der Waals surface area contributed by atoms with E-state index in [1.807, 2.05) is 24.3 Å². The molecule has 3 aromatic rings. The molecule has 0 unspecified atom stereocenters. The van der Waals surface area contributed by atoms with Gasteiger partial charge in [0.1, 0.15) is 0 Å². The summed E-state index contributed by atoms with van der Waals surface area (Å²) in [6.07, 6.45) is -0.181. The van der Waals surface area contributed by atoms with Crippen LogP contribution in [-0.2, 0) is 9.53 Å². The first-order valence-corrected chi connectivity index (χ1v) is 9.75. The average molecular weight is 399 g/mol. The van der Waals surface area contributed by atoms with Crippen molar-refractivity contribution in [3.63, 3.8) is 0 Å². The highest BCUT2D eigenvalue weighted by molar-refractivity contribution is 7.99. The third-order valence-electron chi connectivity index (χ3n) is 3.74. The lowest BCUT2D eigenvalue weighted by atomic mass is 10.2. The van der Waals surface area contributed by atoms with Crippen molar-refractivity contribution in [1.29, 1.82) is 0 Å². The van der Waals surface area contributed by atoms with Gasteiger partial charge in [-0.3, -0.25) is 9.20 Å². The van der Waals surface area contributed by atoms with Crippen molar-refractivity contribution in [2.24, 2.45) is 0 Å². The first kappa shape index (κ1) is 19.8. The summed E-state index contributed by atoms with van der Waals surface area (Å²) in [4.78, 5) is 28.4. The minimum Gasteiger partial charge on any atom is -0.459 e. The molecule has 9 heteroatoms. The van der Waals surface area contributed by atoms with Crippen molar-refractivity contribution in [2.75, 3.05) is 11.1 Å². The summed E-state index contributed by atoms with van der Waals surface area (Å²) in [6, 6.07) is 8.52. The molecule has 2 aromatic heterocycles. The smallest absolute Gasteiger partial charge is 0.338 e. The fourth-order valence-corrected chi connectivity index (χ4v) is 3.38. The third-order valence-corrected chi connectivity index (χ3v) is 4.67. The number of aromatic nitrogens is 4. The zero-order valence-electron chi connectivity index (χ0n) is 16.1. The van der Waals surface area contributed by atoms with E-state index in [0.717, 1.165) is 11.4 Å². The number of benzene rings is 1. The maximum atomic E-state index is 12.3. The van der Waals surface area contributed by atoms with Crippen LogP contribution in [0, 0.1) is 13.8 Å². The molecule has 28 heavy (non-hydrogen) atoms. The SMILES string of the molecule is Cc1cc(C)n2c(SCC(=O)Nc3ccc(C(=O)OC(C)C)cc3)nnc2n1. The molecule has 0 spiro atoms. The minimum atomic E-state index is -0.388. The van der Waals surface area contributed by atoms with Crippen LogP contribution in [0.25, 0.3) is 5.78 Å². The van der Waals surface area contributed by atoms with Crippen LogP contribution in [0.1, 0.15) is 35.6 Å². The fourth-order valence-electron chi connectivity index (χ4n) is 2.59. The molecule has 0 atom stereocenters. The summed E-state index contributed by atoms with van der Waals surface area (Å²) in [5.41, 5.74) is 2.87.